The fraction of sp³-hybridized carbons (Fsp3) is 0.577. The van der Waals surface area contributed by atoms with Gasteiger partial charge >= 0.3 is 0 Å². The molecule has 0 aliphatic carbocycles. The number of aromatic nitrogens is 1. The lowest BCUT2D eigenvalue weighted by atomic mass is 10.1. The van der Waals surface area contributed by atoms with Crippen LogP contribution in [-0.4, -0.2) is 40.2 Å². The Morgan fingerprint density at radius 3 is 2.06 bits per heavy atom. The van der Waals surface area contributed by atoms with E-state index in [1.807, 2.05) is 47.6 Å². The van der Waals surface area contributed by atoms with Crippen molar-refractivity contribution < 1.29 is 10.0 Å². The van der Waals surface area contributed by atoms with Crippen LogP contribution in [0.15, 0.2) is 37.1 Å². The van der Waals surface area contributed by atoms with Gasteiger partial charge in [0.1, 0.15) is 0 Å². The predicted octanol–water partition coefficient (Wildman–Crippen LogP) is 4.89. The number of nitrogens with one attached hydrogen (secondary N) is 1. The van der Waals surface area contributed by atoms with Crippen LogP contribution in [0, 0.1) is 0 Å². The minimum Gasteiger partial charge on any atom is -0.346 e. The lowest BCUT2D eigenvalue weighted by Gasteiger charge is -2.26. The number of hydrogen-bond donors (Lipinski definition) is 2. The first-order chi connectivity index (χ1) is 15.2. The van der Waals surface area contributed by atoms with E-state index < -0.39 is 5.91 Å². The summed E-state index contributed by atoms with van der Waals surface area (Å²) >= 11 is 0. The molecule has 5 heteroatoms. The monoisotopic (exact) mass is 435 g/mol. The average Bonchev–Trinajstić information content (AvgIpc) is 3.24. The molecule has 180 valence electrons. The molecule has 0 aromatic carbocycles. The average molecular weight is 436 g/mol. The van der Waals surface area contributed by atoms with Crippen molar-refractivity contribution in [3.63, 3.8) is 0 Å². The number of carbonyl (C=O) groups excluding carboxylic acids is 1. The maximum Gasteiger partial charge on any atom is 0.267 e. The lowest BCUT2D eigenvalue weighted by molar-refractivity contribution is -0.124. The predicted molar refractivity (Wildman–Crippen MR) is 138 cm³/mol. The molecule has 1 aliphatic heterocycles. The summed E-state index contributed by atoms with van der Waals surface area (Å²) < 4.78 is 2.34. The molecule has 1 fully saturated rings. The van der Waals surface area contributed by atoms with Gasteiger partial charge in [-0.15, -0.1) is 0 Å². The van der Waals surface area contributed by atoms with E-state index in [0.717, 1.165) is 13.1 Å². The molecular weight excluding hydrogens is 386 g/mol. The summed E-state index contributed by atoms with van der Waals surface area (Å²) in [5.74, 6) is -0.498. The van der Waals surface area contributed by atoms with Gasteiger partial charge < -0.3 is 9.47 Å². The number of likely N-dealkylation sites (tertiary alicyclic amines) is 1. The van der Waals surface area contributed by atoms with Crippen LogP contribution in [0.2, 0.25) is 0 Å². The molecule has 0 spiro atoms. The molecule has 0 bridgehead atoms. The topological polar surface area (TPSA) is 57.5 Å². The summed E-state index contributed by atoms with van der Waals surface area (Å²) in [5.41, 5.74) is 1.44. The minimum absolute atomic E-state index is 0.498. The Bertz CT molecular complexity index is 669. The zero-order chi connectivity index (χ0) is 24.5. The molecule has 1 saturated heterocycles. The third-order valence-corrected chi connectivity index (χ3v) is 4.16. The van der Waals surface area contributed by atoms with Crippen molar-refractivity contribution in [2.75, 3.05) is 19.6 Å². The molecule has 0 unspecified atom stereocenters. The summed E-state index contributed by atoms with van der Waals surface area (Å²) in [5, 5.41) is 10.4. The van der Waals surface area contributed by atoms with Gasteiger partial charge in [0.25, 0.3) is 5.91 Å². The number of rotatable bonds is 5. The van der Waals surface area contributed by atoms with E-state index in [0.29, 0.717) is 0 Å². The number of allylic oxidation sites excluding steroid dienone is 2. The number of hydroxylamine groups is 1. The first-order valence-electron chi connectivity index (χ1n) is 11.9. The van der Waals surface area contributed by atoms with E-state index in [4.69, 9.17) is 5.21 Å². The van der Waals surface area contributed by atoms with Crippen molar-refractivity contribution in [3.8, 4) is 0 Å². The fourth-order valence-electron chi connectivity index (χ4n) is 2.87. The summed E-state index contributed by atoms with van der Waals surface area (Å²) in [7, 11) is 0. The first-order valence-corrected chi connectivity index (χ1v) is 11.9. The second kappa shape index (κ2) is 25.9. The smallest absolute Gasteiger partial charge is 0.267 e. The number of hydrogen-bond acceptors (Lipinski definition) is 3. The summed E-state index contributed by atoms with van der Waals surface area (Å²) in [6, 6.07) is 2.19. The van der Waals surface area contributed by atoms with E-state index in [9.17, 15) is 4.79 Å². The van der Waals surface area contributed by atoms with Crippen LogP contribution in [0.5, 0.6) is 0 Å². The zero-order valence-electron chi connectivity index (χ0n) is 21.4. The van der Waals surface area contributed by atoms with Gasteiger partial charge in [-0.1, -0.05) is 72.8 Å². The SMILES string of the molecule is C/C=C/C(=O)NO.C=C/C=c1\c(=C/C)ccn1CCN1CCCCC1.CC.CC.CC. The molecular formula is C26H49N3O2. The first kappa shape index (κ1) is 33.5. The van der Waals surface area contributed by atoms with Crippen LogP contribution in [-0.2, 0) is 11.3 Å². The fourth-order valence-corrected chi connectivity index (χ4v) is 2.87. The van der Waals surface area contributed by atoms with E-state index in [1.54, 1.807) is 6.92 Å². The second-order valence-corrected chi connectivity index (χ2v) is 5.92. The Morgan fingerprint density at radius 2 is 1.65 bits per heavy atom. The van der Waals surface area contributed by atoms with Crippen LogP contribution in [0.4, 0.5) is 0 Å². The number of nitrogens with zero attached hydrogens (tertiary/aromatic N) is 2. The summed E-state index contributed by atoms with van der Waals surface area (Å²) in [6.45, 7) is 24.4. The molecule has 1 aromatic heterocycles. The van der Waals surface area contributed by atoms with Crippen molar-refractivity contribution in [2.24, 2.45) is 0 Å². The highest BCUT2D eigenvalue weighted by Gasteiger charge is 2.09. The summed E-state index contributed by atoms with van der Waals surface area (Å²) in [4.78, 5) is 12.5. The molecule has 2 heterocycles. The number of amides is 1. The number of piperidine rings is 1. The largest absolute Gasteiger partial charge is 0.346 e. The minimum atomic E-state index is -0.498. The van der Waals surface area contributed by atoms with Gasteiger partial charge in [0.05, 0.1) is 0 Å². The molecule has 1 aromatic rings. The quantitative estimate of drug-likeness (QED) is 0.393. The molecule has 31 heavy (non-hydrogen) atoms. The Kier molecular flexibility index (Phi) is 28.0. The molecule has 1 amide bonds. The van der Waals surface area contributed by atoms with Gasteiger partial charge in [0.15, 0.2) is 0 Å². The van der Waals surface area contributed by atoms with Crippen LogP contribution in [0.3, 0.4) is 0 Å². The molecule has 0 radical (unpaired) electrons. The highest BCUT2D eigenvalue weighted by Crippen LogP contribution is 2.07. The lowest BCUT2D eigenvalue weighted by Crippen LogP contribution is -2.36. The molecule has 0 saturated carbocycles. The highest BCUT2D eigenvalue weighted by molar-refractivity contribution is 5.86. The maximum absolute atomic E-state index is 9.96. The Balaban J connectivity index is -0.000000508. The van der Waals surface area contributed by atoms with Crippen molar-refractivity contribution in [2.45, 2.75) is 81.2 Å². The Morgan fingerprint density at radius 1 is 1.06 bits per heavy atom. The van der Waals surface area contributed by atoms with E-state index in [-0.39, 0.29) is 0 Å². The van der Waals surface area contributed by atoms with Gasteiger partial charge in [-0.3, -0.25) is 10.0 Å². The molecule has 0 atom stereocenters. The van der Waals surface area contributed by atoms with Crippen molar-refractivity contribution in [1.29, 1.82) is 0 Å². The van der Waals surface area contributed by atoms with Crippen LogP contribution >= 0.6 is 0 Å². The van der Waals surface area contributed by atoms with Crippen LogP contribution < -0.4 is 16.0 Å². The van der Waals surface area contributed by atoms with E-state index in [2.05, 4.69) is 47.4 Å². The second-order valence-electron chi connectivity index (χ2n) is 5.92. The third-order valence-electron chi connectivity index (χ3n) is 4.16. The van der Waals surface area contributed by atoms with Crippen molar-refractivity contribution in [3.05, 3.63) is 47.6 Å². The van der Waals surface area contributed by atoms with Gasteiger partial charge in [-0.2, -0.15) is 0 Å². The molecule has 2 rings (SSSR count). The molecule has 1 aliphatic rings. The van der Waals surface area contributed by atoms with Crippen LogP contribution in [0.1, 0.15) is 74.7 Å². The molecule has 2 N–H and O–H groups in total. The van der Waals surface area contributed by atoms with Crippen LogP contribution in [0.25, 0.3) is 12.2 Å². The number of carbonyl (C=O) groups is 1. The Labute approximate surface area is 191 Å². The normalized spacial score (nSPS) is 14.0. The summed E-state index contributed by atoms with van der Waals surface area (Å²) in [6.07, 6.45) is 15.2. The van der Waals surface area contributed by atoms with Gasteiger partial charge in [0.2, 0.25) is 0 Å². The highest BCUT2D eigenvalue weighted by atomic mass is 16.5. The zero-order valence-corrected chi connectivity index (χ0v) is 21.4. The van der Waals surface area contributed by atoms with E-state index in [1.165, 1.54) is 60.6 Å². The Hall–Kier alpha value is -2.11. The molecule has 5 nitrogen and oxygen atoms in total. The van der Waals surface area contributed by atoms with Crippen molar-refractivity contribution >= 4 is 18.1 Å². The third kappa shape index (κ3) is 16.3. The van der Waals surface area contributed by atoms with Gasteiger partial charge in [0, 0.05) is 30.7 Å². The van der Waals surface area contributed by atoms with E-state index >= 15 is 0 Å². The van der Waals surface area contributed by atoms with Gasteiger partial charge in [-0.05, 0) is 57.1 Å². The maximum atomic E-state index is 9.96. The standard InChI is InChI=1S/C16H24N2.C4H7NO2.3C2H6/c1-3-8-16-15(4-2)9-12-18(16)14-13-17-10-6-5-7-11-17;1-2-3-4(6)5-7;3*1-2/h3-4,8-9,12H,1,5-7,10-11,13-14H2,2H3;2-3,7H,1H3,(H,5,6);3*1-2H3/b15-4-,16-8+;3-2+;;;. The van der Waals surface area contributed by atoms with Crippen molar-refractivity contribution in [1.82, 2.24) is 14.9 Å². The van der Waals surface area contributed by atoms with Gasteiger partial charge in [-0.25, -0.2) is 5.48 Å².